The zero-order chi connectivity index (χ0) is 23.0. The number of ether oxygens (including phenoxy) is 1. The Hall–Kier alpha value is -3.35. The molecule has 1 heterocycles. The fourth-order valence-electron chi connectivity index (χ4n) is 3.69. The summed E-state index contributed by atoms with van der Waals surface area (Å²) < 4.78 is 6.33. The van der Waals surface area contributed by atoms with Crippen LogP contribution in [0.15, 0.2) is 72.8 Å². The lowest BCUT2D eigenvalue weighted by Crippen LogP contribution is -2.14. The molecule has 0 aliphatic heterocycles. The van der Waals surface area contributed by atoms with E-state index < -0.39 is 0 Å². The van der Waals surface area contributed by atoms with E-state index in [0.29, 0.717) is 16.3 Å². The number of nitrogen functional groups attached to an aromatic ring is 1. The van der Waals surface area contributed by atoms with Crippen LogP contribution in [0.2, 0.25) is 0 Å². The highest BCUT2D eigenvalue weighted by Crippen LogP contribution is 2.28. The molecule has 6 heteroatoms. The third-order valence-electron chi connectivity index (χ3n) is 5.57. The second-order valence-corrected chi connectivity index (χ2v) is 9.09. The topological polar surface area (TPSA) is 76.4 Å². The molecule has 1 aromatic heterocycles. The number of hydrogen-bond donors (Lipinski definition) is 3. The van der Waals surface area contributed by atoms with E-state index >= 15 is 0 Å². The van der Waals surface area contributed by atoms with Crippen molar-refractivity contribution in [1.29, 1.82) is 0 Å². The smallest absolute Gasteiger partial charge is 0.265 e. The molecule has 170 valence electrons. The van der Waals surface area contributed by atoms with E-state index in [1.165, 1.54) is 22.5 Å². The van der Waals surface area contributed by atoms with Crippen molar-refractivity contribution in [2.45, 2.75) is 25.8 Å². The molecule has 4 rings (SSSR count). The summed E-state index contributed by atoms with van der Waals surface area (Å²) in [6.45, 7) is 1.85. The van der Waals surface area contributed by atoms with Gasteiger partial charge in [-0.2, -0.15) is 0 Å². The van der Waals surface area contributed by atoms with E-state index in [9.17, 15) is 4.79 Å². The predicted molar refractivity (Wildman–Crippen MR) is 138 cm³/mol. The Balaban J connectivity index is 1.25. The van der Waals surface area contributed by atoms with Crippen molar-refractivity contribution in [3.63, 3.8) is 0 Å². The van der Waals surface area contributed by atoms with Crippen molar-refractivity contribution in [2.75, 3.05) is 24.7 Å². The molecule has 0 spiro atoms. The number of benzene rings is 3. The normalized spacial score (nSPS) is 10.9. The van der Waals surface area contributed by atoms with Gasteiger partial charge in [-0.05, 0) is 78.7 Å². The summed E-state index contributed by atoms with van der Waals surface area (Å²) in [7, 11) is 1.68. The molecular formula is C27H29N3O2S. The van der Waals surface area contributed by atoms with Gasteiger partial charge in [-0.1, -0.05) is 36.4 Å². The number of thiophene rings is 1. The minimum atomic E-state index is -0.126. The van der Waals surface area contributed by atoms with Crippen LogP contribution in [0.5, 0.6) is 5.75 Å². The van der Waals surface area contributed by atoms with Crippen molar-refractivity contribution in [2.24, 2.45) is 0 Å². The lowest BCUT2D eigenvalue weighted by molar-refractivity contribution is 0.103. The number of carbonyl (C=O) groups excluding carboxylic acids is 1. The van der Waals surface area contributed by atoms with E-state index in [0.717, 1.165) is 48.2 Å². The molecule has 0 aliphatic carbocycles. The average molecular weight is 460 g/mol. The number of rotatable bonds is 10. The predicted octanol–water partition coefficient (Wildman–Crippen LogP) is 5.86. The van der Waals surface area contributed by atoms with E-state index in [1.54, 1.807) is 13.2 Å². The van der Waals surface area contributed by atoms with Crippen LogP contribution in [-0.2, 0) is 13.0 Å². The molecule has 5 nitrogen and oxygen atoms in total. The van der Waals surface area contributed by atoms with Crippen molar-refractivity contribution in [3.05, 3.63) is 88.8 Å². The number of anilines is 2. The summed E-state index contributed by atoms with van der Waals surface area (Å²) in [4.78, 5) is 13.3. The maximum Gasteiger partial charge on any atom is 0.265 e. The van der Waals surface area contributed by atoms with Crippen LogP contribution in [0, 0.1) is 0 Å². The molecule has 1 amide bonds. The Kier molecular flexibility index (Phi) is 7.60. The highest BCUT2D eigenvalue weighted by molar-refractivity contribution is 7.20. The summed E-state index contributed by atoms with van der Waals surface area (Å²) in [5.41, 5.74) is 9.70. The van der Waals surface area contributed by atoms with E-state index in [4.69, 9.17) is 10.5 Å². The lowest BCUT2D eigenvalue weighted by atomic mass is 10.1. The number of nitrogens with two attached hydrogens (primary N) is 1. The largest absolute Gasteiger partial charge is 0.497 e. The number of carbonyl (C=O) groups is 1. The molecule has 0 saturated heterocycles. The van der Waals surface area contributed by atoms with Gasteiger partial charge >= 0.3 is 0 Å². The first-order valence-corrected chi connectivity index (χ1v) is 12.0. The second-order valence-electron chi connectivity index (χ2n) is 8.01. The molecule has 0 radical (unpaired) electrons. The number of hydrogen-bond acceptors (Lipinski definition) is 5. The van der Waals surface area contributed by atoms with Crippen LogP contribution in [-0.4, -0.2) is 19.6 Å². The Labute approximate surface area is 198 Å². The number of aryl methyl sites for hydroxylation is 1. The number of amides is 1. The van der Waals surface area contributed by atoms with Crippen LogP contribution in [0.4, 0.5) is 11.4 Å². The van der Waals surface area contributed by atoms with Crippen LogP contribution in [0.1, 0.15) is 33.6 Å². The van der Waals surface area contributed by atoms with Gasteiger partial charge in [-0.25, -0.2) is 0 Å². The van der Waals surface area contributed by atoms with Crippen LogP contribution in [0.25, 0.3) is 10.1 Å². The maximum absolute atomic E-state index is 12.7. The zero-order valence-corrected chi connectivity index (χ0v) is 19.6. The zero-order valence-electron chi connectivity index (χ0n) is 18.8. The van der Waals surface area contributed by atoms with Crippen LogP contribution < -0.4 is 21.1 Å². The first-order chi connectivity index (χ1) is 16.1. The van der Waals surface area contributed by atoms with Crippen molar-refractivity contribution < 1.29 is 9.53 Å². The molecule has 4 aromatic rings. The SMILES string of the molecule is COc1ccc(CNCCCCc2ccc3cc(C(=O)Nc4ccccc4N)sc3c2)cc1. The average Bonchev–Trinajstić information content (AvgIpc) is 3.27. The molecule has 0 atom stereocenters. The summed E-state index contributed by atoms with van der Waals surface area (Å²) in [6.07, 6.45) is 3.26. The van der Waals surface area contributed by atoms with Gasteiger partial charge in [0.2, 0.25) is 0 Å². The highest BCUT2D eigenvalue weighted by Gasteiger charge is 2.12. The van der Waals surface area contributed by atoms with Crippen molar-refractivity contribution in [3.8, 4) is 5.75 Å². The Morgan fingerprint density at radius 3 is 2.55 bits per heavy atom. The van der Waals surface area contributed by atoms with Crippen molar-refractivity contribution >= 4 is 38.7 Å². The standard InChI is InChI=1S/C27H29N3O2S/c1-32-22-13-10-20(11-14-22)18-29-15-5-4-6-19-9-12-21-17-26(33-25(21)16-19)27(31)30-24-8-3-2-7-23(24)28/h2-3,7-14,16-17,29H,4-6,15,18,28H2,1H3,(H,30,31). The third kappa shape index (κ3) is 6.12. The Bertz CT molecular complexity index is 1220. The number of nitrogens with one attached hydrogen (secondary N) is 2. The minimum Gasteiger partial charge on any atom is -0.497 e. The molecule has 0 unspecified atom stereocenters. The summed E-state index contributed by atoms with van der Waals surface area (Å²) in [5, 5.41) is 7.50. The van der Waals surface area contributed by atoms with Gasteiger partial charge in [0, 0.05) is 11.2 Å². The maximum atomic E-state index is 12.7. The minimum absolute atomic E-state index is 0.126. The Morgan fingerprint density at radius 1 is 0.970 bits per heavy atom. The fourth-order valence-corrected chi connectivity index (χ4v) is 4.71. The van der Waals surface area contributed by atoms with Gasteiger partial charge in [0.15, 0.2) is 0 Å². The molecule has 3 aromatic carbocycles. The molecular weight excluding hydrogens is 430 g/mol. The molecule has 4 N–H and O–H groups in total. The van der Waals surface area contributed by atoms with Gasteiger partial charge < -0.3 is 21.1 Å². The highest BCUT2D eigenvalue weighted by atomic mass is 32.1. The van der Waals surface area contributed by atoms with Crippen LogP contribution >= 0.6 is 11.3 Å². The van der Waals surface area contributed by atoms with Gasteiger partial charge in [-0.15, -0.1) is 11.3 Å². The lowest BCUT2D eigenvalue weighted by Gasteiger charge is -2.06. The Morgan fingerprint density at radius 2 is 1.76 bits per heavy atom. The molecule has 0 bridgehead atoms. The van der Waals surface area contributed by atoms with E-state index in [1.807, 2.05) is 36.4 Å². The summed E-state index contributed by atoms with van der Waals surface area (Å²) >= 11 is 1.52. The molecule has 0 fully saturated rings. The fraction of sp³-hybridized carbons (Fsp3) is 0.222. The summed E-state index contributed by atoms with van der Waals surface area (Å²) in [6, 6.07) is 23.9. The van der Waals surface area contributed by atoms with Crippen LogP contribution in [0.3, 0.4) is 0 Å². The molecule has 0 saturated carbocycles. The van der Waals surface area contributed by atoms with Gasteiger partial charge in [-0.3, -0.25) is 4.79 Å². The van der Waals surface area contributed by atoms with Gasteiger partial charge in [0.25, 0.3) is 5.91 Å². The number of unbranched alkanes of at least 4 members (excludes halogenated alkanes) is 1. The first kappa shape index (κ1) is 22.8. The van der Waals surface area contributed by atoms with Gasteiger partial charge in [0.05, 0.1) is 23.4 Å². The number of fused-ring (bicyclic) bond motifs is 1. The monoisotopic (exact) mass is 459 g/mol. The number of methoxy groups -OCH3 is 1. The molecule has 33 heavy (non-hydrogen) atoms. The van der Waals surface area contributed by atoms with Gasteiger partial charge in [0.1, 0.15) is 5.75 Å². The van der Waals surface area contributed by atoms with E-state index in [2.05, 4.69) is 41.0 Å². The second kappa shape index (κ2) is 11.0. The van der Waals surface area contributed by atoms with Crippen molar-refractivity contribution in [1.82, 2.24) is 5.32 Å². The number of para-hydroxylation sites is 2. The quantitative estimate of drug-likeness (QED) is 0.205. The first-order valence-electron chi connectivity index (χ1n) is 11.1. The van der Waals surface area contributed by atoms with E-state index in [-0.39, 0.29) is 5.91 Å². The molecule has 0 aliphatic rings. The third-order valence-corrected chi connectivity index (χ3v) is 6.67. The summed E-state index contributed by atoms with van der Waals surface area (Å²) in [5.74, 6) is 0.758.